The van der Waals surface area contributed by atoms with E-state index in [-0.39, 0.29) is 12.3 Å². The van der Waals surface area contributed by atoms with Crippen molar-refractivity contribution in [3.05, 3.63) is 76.9 Å². The van der Waals surface area contributed by atoms with Gasteiger partial charge in [-0.2, -0.15) is 0 Å². The SMILES string of the molecule is [C-]#[N+]c1ccc2[nH]c(C)c(CCNc3ncc4c(n3)-c3ccccc3NC(=O)C4)c2c1. The minimum Gasteiger partial charge on any atom is -0.358 e. The summed E-state index contributed by atoms with van der Waals surface area (Å²) >= 11 is 0. The number of aryl methyl sites for hydroxylation is 1. The second-order valence-electron chi connectivity index (χ2n) is 7.59. The number of aromatic nitrogens is 3. The molecule has 0 aliphatic carbocycles. The summed E-state index contributed by atoms with van der Waals surface area (Å²) in [6, 6.07) is 13.4. The van der Waals surface area contributed by atoms with E-state index in [2.05, 4.69) is 25.4 Å². The lowest BCUT2D eigenvalue weighted by atomic mass is 10.1. The number of nitrogens with zero attached hydrogens (tertiary/aromatic N) is 3. The molecular weight excluding hydrogens is 388 g/mol. The van der Waals surface area contributed by atoms with Gasteiger partial charge in [0.25, 0.3) is 0 Å². The van der Waals surface area contributed by atoms with E-state index < -0.39 is 0 Å². The standard InChI is InChI=1S/C24H20N6O/c1-14-17(19-12-16(25-2)7-8-21(19)28-14)9-10-26-24-27-13-15-11-22(31)29-20-6-4-3-5-18(20)23(15)30-24/h3-8,12-13,28H,9-11H2,1H3,(H,29,31)(H,26,27,30). The van der Waals surface area contributed by atoms with Crippen LogP contribution in [0.5, 0.6) is 0 Å². The Kier molecular flexibility index (Phi) is 4.60. The van der Waals surface area contributed by atoms with Gasteiger partial charge < -0.3 is 15.6 Å². The molecule has 0 bridgehead atoms. The Labute approximate surface area is 179 Å². The van der Waals surface area contributed by atoms with Crippen LogP contribution in [0.15, 0.2) is 48.7 Å². The molecular formula is C24H20N6O. The molecule has 1 amide bonds. The number of fused-ring (bicyclic) bond motifs is 4. The van der Waals surface area contributed by atoms with E-state index in [4.69, 9.17) is 11.6 Å². The number of carbonyl (C=O) groups excluding carboxylic acids is 1. The third-order valence-electron chi connectivity index (χ3n) is 5.56. The van der Waals surface area contributed by atoms with Gasteiger partial charge in [0.2, 0.25) is 11.9 Å². The Morgan fingerprint density at radius 2 is 2.10 bits per heavy atom. The first kappa shape index (κ1) is 18.8. The minimum absolute atomic E-state index is 0.0656. The van der Waals surface area contributed by atoms with Gasteiger partial charge in [-0.1, -0.05) is 24.3 Å². The Balaban J connectivity index is 1.39. The van der Waals surface area contributed by atoms with E-state index in [1.165, 1.54) is 5.56 Å². The van der Waals surface area contributed by atoms with Gasteiger partial charge in [-0.3, -0.25) is 4.79 Å². The molecule has 31 heavy (non-hydrogen) atoms. The Morgan fingerprint density at radius 1 is 1.23 bits per heavy atom. The highest BCUT2D eigenvalue weighted by atomic mass is 16.1. The molecule has 0 saturated carbocycles. The van der Waals surface area contributed by atoms with Crippen molar-refractivity contribution in [1.29, 1.82) is 0 Å². The molecule has 1 aliphatic heterocycles. The van der Waals surface area contributed by atoms with Crippen LogP contribution < -0.4 is 10.6 Å². The monoisotopic (exact) mass is 408 g/mol. The van der Waals surface area contributed by atoms with Crippen LogP contribution in [0.1, 0.15) is 16.8 Å². The van der Waals surface area contributed by atoms with Gasteiger partial charge in [-0.05, 0) is 42.5 Å². The number of hydrogen-bond donors (Lipinski definition) is 3. The zero-order chi connectivity index (χ0) is 21.4. The normalized spacial score (nSPS) is 12.5. The molecule has 3 heterocycles. The van der Waals surface area contributed by atoms with Crippen molar-refractivity contribution in [3.63, 3.8) is 0 Å². The summed E-state index contributed by atoms with van der Waals surface area (Å²) in [4.78, 5) is 28.2. The lowest BCUT2D eigenvalue weighted by molar-refractivity contribution is -0.115. The van der Waals surface area contributed by atoms with Crippen molar-refractivity contribution in [2.45, 2.75) is 19.8 Å². The number of aromatic amines is 1. The van der Waals surface area contributed by atoms with Crippen molar-refractivity contribution in [2.75, 3.05) is 17.2 Å². The maximum atomic E-state index is 12.2. The Morgan fingerprint density at radius 3 is 2.97 bits per heavy atom. The number of anilines is 2. The van der Waals surface area contributed by atoms with Crippen molar-refractivity contribution >= 4 is 34.1 Å². The fourth-order valence-electron chi connectivity index (χ4n) is 4.08. The molecule has 5 rings (SSSR count). The van der Waals surface area contributed by atoms with Crippen LogP contribution in [-0.4, -0.2) is 27.4 Å². The number of carbonyl (C=O) groups is 1. The average Bonchev–Trinajstić information content (AvgIpc) is 3.00. The first-order valence-corrected chi connectivity index (χ1v) is 10.1. The first-order chi connectivity index (χ1) is 15.1. The van der Waals surface area contributed by atoms with Gasteiger partial charge in [0.15, 0.2) is 5.69 Å². The second kappa shape index (κ2) is 7.58. The van der Waals surface area contributed by atoms with Crippen LogP contribution in [0.3, 0.4) is 0 Å². The maximum Gasteiger partial charge on any atom is 0.228 e. The Hall–Kier alpha value is -4.18. The van der Waals surface area contributed by atoms with Crippen LogP contribution in [-0.2, 0) is 17.6 Å². The lowest BCUT2D eigenvalue weighted by Crippen LogP contribution is -2.13. The quantitative estimate of drug-likeness (QED) is 0.430. The fraction of sp³-hybridized carbons (Fsp3) is 0.167. The van der Waals surface area contributed by atoms with Gasteiger partial charge in [-0.15, -0.1) is 0 Å². The average molecular weight is 408 g/mol. The third-order valence-corrected chi connectivity index (χ3v) is 5.56. The van der Waals surface area contributed by atoms with E-state index in [9.17, 15) is 4.79 Å². The van der Waals surface area contributed by atoms with Gasteiger partial charge in [-0.25, -0.2) is 14.8 Å². The molecule has 0 fully saturated rings. The van der Waals surface area contributed by atoms with Crippen LogP contribution >= 0.6 is 0 Å². The van der Waals surface area contributed by atoms with E-state index >= 15 is 0 Å². The smallest absolute Gasteiger partial charge is 0.228 e. The number of rotatable bonds is 4. The maximum absolute atomic E-state index is 12.2. The van der Waals surface area contributed by atoms with Gasteiger partial charge in [0.1, 0.15) is 0 Å². The van der Waals surface area contributed by atoms with E-state index in [1.54, 1.807) is 6.20 Å². The van der Waals surface area contributed by atoms with Crippen LogP contribution in [0.2, 0.25) is 0 Å². The molecule has 4 aromatic rings. The van der Waals surface area contributed by atoms with Gasteiger partial charge in [0, 0.05) is 35.1 Å². The predicted molar refractivity (Wildman–Crippen MR) is 121 cm³/mol. The fourth-order valence-corrected chi connectivity index (χ4v) is 4.08. The number of amides is 1. The van der Waals surface area contributed by atoms with Crippen LogP contribution in [0.25, 0.3) is 27.0 Å². The summed E-state index contributed by atoms with van der Waals surface area (Å²) in [5.41, 5.74) is 7.20. The summed E-state index contributed by atoms with van der Waals surface area (Å²) < 4.78 is 0. The highest BCUT2D eigenvalue weighted by molar-refractivity contribution is 5.99. The van der Waals surface area contributed by atoms with Crippen molar-refractivity contribution in [2.24, 2.45) is 0 Å². The van der Waals surface area contributed by atoms with Gasteiger partial charge >= 0.3 is 0 Å². The molecule has 152 valence electrons. The van der Waals surface area contributed by atoms with Crippen LogP contribution in [0, 0.1) is 13.5 Å². The third kappa shape index (κ3) is 3.49. The van der Waals surface area contributed by atoms with Crippen molar-refractivity contribution in [1.82, 2.24) is 15.0 Å². The molecule has 0 radical (unpaired) electrons. The summed E-state index contributed by atoms with van der Waals surface area (Å²) in [5, 5.41) is 7.32. The number of para-hydroxylation sites is 1. The highest BCUT2D eigenvalue weighted by Crippen LogP contribution is 2.32. The topological polar surface area (TPSA) is 87.1 Å². The number of hydrogen-bond acceptors (Lipinski definition) is 4. The molecule has 3 N–H and O–H groups in total. The van der Waals surface area contributed by atoms with E-state index in [0.29, 0.717) is 18.2 Å². The van der Waals surface area contributed by atoms with E-state index in [0.717, 1.165) is 45.5 Å². The van der Waals surface area contributed by atoms with Crippen LogP contribution in [0.4, 0.5) is 17.3 Å². The summed E-state index contributed by atoms with van der Waals surface area (Å²) in [7, 11) is 0. The van der Waals surface area contributed by atoms with Gasteiger partial charge in [0.05, 0.1) is 24.4 Å². The zero-order valence-corrected chi connectivity index (χ0v) is 17.0. The first-order valence-electron chi connectivity index (χ1n) is 10.1. The predicted octanol–water partition coefficient (Wildman–Crippen LogP) is 4.63. The Bertz CT molecular complexity index is 1360. The molecule has 7 heteroatoms. The number of nitrogens with one attached hydrogen (secondary N) is 3. The molecule has 2 aromatic heterocycles. The number of benzene rings is 2. The minimum atomic E-state index is -0.0656. The van der Waals surface area contributed by atoms with Crippen molar-refractivity contribution < 1.29 is 4.79 Å². The summed E-state index contributed by atoms with van der Waals surface area (Å²) in [6.45, 7) is 9.96. The summed E-state index contributed by atoms with van der Waals surface area (Å²) in [5.74, 6) is 0.464. The molecule has 0 atom stereocenters. The highest BCUT2D eigenvalue weighted by Gasteiger charge is 2.20. The molecule has 7 nitrogen and oxygen atoms in total. The van der Waals surface area contributed by atoms with E-state index in [1.807, 2.05) is 49.4 Å². The zero-order valence-electron chi connectivity index (χ0n) is 17.0. The number of H-pyrrole nitrogens is 1. The molecule has 2 aromatic carbocycles. The molecule has 0 saturated heterocycles. The molecule has 1 aliphatic rings. The molecule has 0 unspecified atom stereocenters. The largest absolute Gasteiger partial charge is 0.358 e. The lowest BCUT2D eigenvalue weighted by Gasteiger charge is -2.10. The second-order valence-corrected chi connectivity index (χ2v) is 7.59. The van der Waals surface area contributed by atoms with Crippen molar-refractivity contribution in [3.8, 4) is 11.3 Å². The molecule has 0 spiro atoms. The summed E-state index contributed by atoms with van der Waals surface area (Å²) in [6.07, 6.45) is 2.75.